The minimum absolute atomic E-state index is 0.199. The summed E-state index contributed by atoms with van der Waals surface area (Å²) in [5.41, 5.74) is 1.87. The summed E-state index contributed by atoms with van der Waals surface area (Å²) in [7, 11) is 1.85. The van der Waals surface area contributed by atoms with E-state index in [9.17, 15) is 4.39 Å². The molecule has 1 heterocycles. The van der Waals surface area contributed by atoms with Crippen LogP contribution in [0.4, 0.5) is 4.39 Å². The second-order valence-corrected chi connectivity index (χ2v) is 5.59. The van der Waals surface area contributed by atoms with Crippen molar-refractivity contribution in [3.63, 3.8) is 0 Å². The van der Waals surface area contributed by atoms with E-state index in [1.165, 1.54) is 12.1 Å². The molecule has 2 aromatic rings. The van der Waals surface area contributed by atoms with Crippen LogP contribution in [0.15, 0.2) is 24.4 Å². The second-order valence-electron chi connectivity index (χ2n) is 5.18. The molecule has 0 aliphatic carbocycles. The van der Waals surface area contributed by atoms with Gasteiger partial charge in [0.25, 0.3) is 0 Å². The molecule has 114 valence electrons. The highest BCUT2D eigenvalue weighted by Crippen LogP contribution is 2.19. The molecule has 4 nitrogen and oxygen atoms in total. The molecular weight excluding hydrogens is 291 g/mol. The highest BCUT2D eigenvalue weighted by molar-refractivity contribution is 6.31. The van der Waals surface area contributed by atoms with Gasteiger partial charge in [-0.05, 0) is 37.1 Å². The van der Waals surface area contributed by atoms with Crippen molar-refractivity contribution in [2.45, 2.75) is 32.2 Å². The molecule has 0 amide bonds. The Bertz CT molecular complexity index is 585. The topological polar surface area (TPSA) is 42.7 Å². The number of hydrogen-bond acceptors (Lipinski definition) is 3. The number of rotatable bonds is 7. The van der Waals surface area contributed by atoms with Crippen LogP contribution in [-0.2, 0) is 19.9 Å². The van der Waals surface area contributed by atoms with Crippen LogP contribution in [0.2, 0.25) is 5.02 Å². The highest BCUT2D eigenvalue weighted by atomic mass is 35.5. The number of benzene rings is 1. The zero-order chi connectivity index (χ0) is 15.2. The van der Waals surface area contributed by atoms with E-state index in [1.807, 2.05) is 13.2 Å². The Morgan fingerprint density at radius 2 is 2.19 bits per heavy atom. The Morgan fingerprint density at radius 1 is 1.38 bits per heavy atom. The molecule has 1 atom stereocenters. The molecule has 1 aromatic carbocycles. The molecule has 1 unspecified atom stereocenters. The zero-order valence-corrected chi connectivity index (χ0v) is 13.1. The third-order valence-corrected chi connectivity index (χ3v) is 3.62. The predicted octanol–water partition coefficient (Wildman–Crippen LogP) is 2.76. The predicted molar refractivity (Wildman–Crippen MR) is 81.9 cm³/mol. The van der Waals surface area contributed by atoms with E-state index in [1.54, 1.807) is 10.7 Å². The van der Waals surface area contributed by atoms with Crippen LogP contribution < -0.4 is 5.32 Å². The summed E-state index contributed by atoms with van der Waals surface area (Å²) >= 11 is 6.11. The van der Waals surface area contributed by atoms with E-state index in [4.69, 9.17) is 11.6 Å². The van der Waals surface area contributed by atoms with Crippen LogP contribution >= 0.6 is 11.6 Å². The lowest BCUT2D eigenvalue weighted by Crippen LogP contribution is -2.34. The van der Waals surface area contributed by atoms with Gasteiger partial charge in [0.2, 0.25) is 0 Å². The largest absolute Gasteiger partial charge is 0.313 e. The van der Waals surface area contributed by atoms with E-state index in [0.29, 0.717) is 5.02 Å². The number of nitrogens with zero attached hydrogens (tertiary/aromatic N) is 3. The number of halogens is 2. The maximum Gasteiger partial charge on any atom is 0.124 e. The van der Waals surface area contributed by atoms with Crippen molar-refractivity contribution in [3.05, 3.63) is 46.5 Å². The fraction of sp³-hybridized carbons (Fsp3) is 0.467. The molecule has 0 saturated heterocycles. The summed E-state index contributed by atoms with van der Waals surface area (Å²) in [5, 5.41) is 12.0. The standard InChI is InChI=1S/C15H20ClFN4/c1-3-6-18-13(9-14-10-21(2)20-19-14)7-11-4-5-12(17)8-15(11)16/h4-5,8,10,13,18H,3,6-7,9H2,1-2H3. The van der Waals surface area contributed by atoms with Gasteiger partial charge in [0, 0.05) is 30.7 Å². The van der Waals surface area contributed by atoms with Gasteiger partial charge >= 0.3 is 0 Å². The van der Waals surface area contributed by atoms with Crippen molar-refractivity contribution in [3.8, 4) is 0 Å². The summed E-state index contributed by atoms with van der Waals surface area (Å²) < 4.78 is 14.8. The Morgan fingerprint density at radius 3 is 2.81 bits per heavy atom. The lowest BCUT2D eigenvalue weighted by atomic mass is 10.0. The molecule has 0 saturated carbocycles. The number of aromatic nitrogens is 3. The smallest absolute Gasteiger partial charge is 0.124 e. The Balaban J connectivity index is 2.08. The van der Waals surface area contributed by atoms with Gasteiger partial charge < -0.3 is 5.32 Å². The molecule has 1 aromatic heterocycles. The van der Waals surface area contributed by atoms with Gasteiger partial charge in [-0.2, -0.15) is 0 Å². The van der Waals surface area contributed by atoms with Crippen molar-refractivity contribution < 1.29 is 4.39 Å². The first-order valence-electron chi connectivity index (χ1n) is 7.11. The maximum absolute atomic E-state index is 13.1. The molecule has 0 spiro atoms. The molecule has 2 rings (SSSR count). The fourth-order valence-electron chi connectivity index (χ4n) is 2.26. The average Bonchev–Trinajstić information content (AvgIpc) is 2.84. The first-order chi connectivity index (χ1) is 10.1. The fourth-order valence-corrected chi connectivity index (χ4v) is 2.50. The molecule has 1 N–H and O–H groups in total. The van der Waals surface area contributed by atoms with E-state index in [2.05, 4.69) is 22.6 Å². The van der Waals surface area contributed by atoms with Gasteiger partial charge in [-0.3, -0.25) is 4.68 Å². The lowest BCUT2D eigenvalue weighted by Gasteiger charge is -2.18. The van der Waals surface area contributed by atoms with Gasteiger partial charge in [-0.15, -0.1) is 5.10 Å². The number of hydrogen-bond donors (Lipinski definition) is 1. The van der Waals surface area contributed by atoms with Crippen LogP contribution in [-0.4, -0.2) is 27.6 Å². The minimum atomic E-state index is -0.309. The third-order valence-electron chi connectivity index (χ3n) is 3.27. The number of aryl methyl sites for hydroxylation is 1. The highest BCUT2D eigenvalue weighted by Gasteiger charge is 2.14. The summed E-state index contributed by atoms with van der Waals surface area (Å²) in [6, 6.07) is 4.75. The zero-order valence-electron chi connectivity index (χ0n) is 12.3. The van der Waals surface area contributed by atoms with Crippen molar-refractivity contribution in [2.24, 2.45) is 7.05 Å². The summed E-state index contributed by atoms with van der Waals surface area (Å²) in [6.45, 7) is 3.04. The molecule has 0 bridgehead atoms. The summed E-state index contributed by atoms with van der Waals surface area (Å²) in [4.78, 5) is 0. The summed E-state index contributed by atoms with van der Waals surface area (Å²) in [6.07, 6.45) is 4.46. The first kappa shape index (κ1) is 15.9. The quantitative estimate of drug-likeness (QED) is 0.855. The van der Waals surface area contributed by atoms with Crippen LogP contribution in [0.3, 0.4) is 0 Å². The Kier molecular flexibility index (Phi) is 5.70. The number of nitrogens with one attached hydrogen (secondary N) is 1. The molecule has 0 fully saturated rings. The SMILES string of the molecule is CCCNC(Cc1cn(C)nn1)Cc1ccc(F)cc1Cl. The second kappa shape index (κ2) is 7.52. The lowest BCUT2D eigenvalue weighted by molar-refractivity contribution is 0.499. The minimum Gasteiger partial charge on any atom is -0.313 e. The van der Waals surface area contributed by atoms with Crippen molar-refractivity contribution in [1.82, 2.24) is 20.3 Å². The van der Waals surface area contributed by atoms with Gasteiger partial charge in [-0.25, -0.2) is 4.39 Å². The maximum atomic E-state index is 13.1. The van der Waals surface area contributed by atoms with Crippen LogP contribution in [0.25, 0.3) is 0 Å². The monoisotopic (exact) mass is 310 g/mol. The van der Waals surface area contributed by atoms with Crippen molar-refractivity contribution >= 4 is 11.6 Å². The van der Waals surface area contributed by atoms with Crippen LogP contribution in [0.1, 0.15) is 24.6 Å². The molecular formula is C15H20ClFN4. The molecule has 21 heavy (non-hydrogen) atoms. The van der Waals surface area contributed by atoms with Gasteiger partial charge in [-0.1, -0.05) is 29.8 Å². The van der Waals surface area contributed by atoms with E-state index >= 15 is 0 Å². The van der Waals surface area contributed by atoms with E-state index in [0.717, 1.165) is 37.1 Å². The average molecular weight is 311 g/mol. The van der Waals surface area contributed by atoms with Gasteiger partial charge in [0.1, 0.15) is 5.82 Å². The Labute approximate surface area is 129 Å². The van der Waals surface area contributed by atoms with Crippen molar-refractivity contribution in [2.75, 3.05) is 6.54 Å². The molecule has 0 aliphatic rings. The normalized spacial score (nSPS) is 12.6. The Hall–Kier alpha value is -1.46. The molecule has 0 aliphatic heterocycles. The first-order valence-corrected chi connectivity index (χ1v) is 7.48. The van der Waals surface area contributed by atoms with Crippen LogP contribution in [0.5, 0.6) is 0 Å². The van der Waals surface area contributed by atoms with Gasteiger partial charge in [0.15, 0.2) is 0 Å². The van der Waals surface area contributed by atoms with Crippen LogP contribution in [0, 0.1) is 5.82 Å². The van der Waals surface area contributed by atoms with E-state index < -0.39 is 0 Å². The van der Waals surface area contributed by atoms with Crippen molar-refractivity contribution in [1.29, 1.82) is 0 Å². The van der Waals surface area contributed by atoms with E-state index in [-0.39, 0.29) is 11.9 Å². The summed E-state index contributed by atoms with van der Waals surface area (Å²) in [5.74, 6) is -0.309. The molecule has 6 heteroatoms. The molecule has 0 radical (unpaired) electrons. The third kappa shape index (κ3) is 4.79. The van der Waals surface area contributed by atoms with Gasteiger partial charge in [0.05, 0.1) is 5.69 Å².